The summed E-state index contributed by atoms with van der Waals surface area (Å²) < 4.78 is 5.23. The predicted octanol–water partition coefficient (Wildman–Crippen LogP) is 2.87. The van der Waals surface area contributed by atoms with Gasteiger partial charge < -0.3 is 4.74 Å². The van der Waals surface area contributed by atoms with Crippen molar-refractivity contribution in [1.82, 2.24) is 0 Å². The van der Waals surface area contributed by atoms with Crippen molar-refractivity contribution >= 4 is 12.3 Å². The van der Waals surface area contributed by atoms with E-state index >= 15 is 0 Å². The summed E-state index contributed by atoms with van der Waals surface area (Å²) in [5.74, 6) is 0.183. The molecule has 0 spiro atoms. The zero-order valence-corrected chi connectivity index (χ0v) is 10.3. The standard InChI is InChI=1S/C13H22O3/c1-3-13(10-14,16-11(2)15)9-12-7-5-4-6-8-12/h10,12H,3-9H2,1-2H3. The molecule has 0 aliphatic heterocycles. The van der Waals surface area contributed by atoms with Gasteiger partial charge in [0.2, 0.25) is 0 Å². The van der Waals surface area contributed by atoms with Crippen LogP contribution < -0.4 is 0 Å². The minimum atomic E-state index is -0.867. The molecule has 0 aromatic rings. The molecular formula is C13H22O3. The van der Waals surface area contributed by atoms with Crippen LogP contribution in [0.25, 0.3) is 0 Å². The first-order valence-corrected chi connectivity index (χ1v) is 6.28. The van der Waals surface area contributed by atoms with E-state index in [0.717, 1.165) is 19.1 Å². The maximum atomic E-state index is 11.2. The summed E-state index contributed by atoms with van der Waals surface area (Å²) in [7, 11) is 0. The van der Waals surface area contributed by atoms with E-state index in [1.54, 1.807) is 0 Å². The predicted molar refractivity (Wildman–Crippen MR) is 62.0 cm³/mol. The first-order chi connectivity index (χ1) is 7.62. The highest BCUT2D eigenvalue weighted by Crippen LogP contribution is 2.33. The lowest BCUT2D eigenvalue weighted by Gasteiger charge is -2.32. The Bertz CT molecular complexity index is 244. The number of rotatable bonds is 5. The summed E-state index contributed by atoms with van der Waals surface area (Å²) in [4.78, 5) is 22.2. The molecule has 3 nitrogen and oxygen atoms in total. The first-order valence-electron chi connectivity index (χ1n) is 6.28. The van der Waals surface area contributed by atoms with Crippen molar-refractivity contribution in [2.75, 3.05) is 0 Å². The van der Waals surface area contributed by atoms with Gasteiger partial charge in [-0.25, -0.2) is 0 Å². The molecule has 1 aliphatic carbocycles. The number of carbonyl (C=O) groups is 2. The molecule has 0 N–H and O–H groups in total. The normalized spacial score (nSPS) is 21.1. The summed E-state index contributed by atoms with van der Waals surface area (Å²) in [6.45, 7) is 3.27. The number of aldehydes is 1. The molecule has 1 rings (SSSR count). The van der Waals surface area contributed by atoms with Crippen molar-refractivity contribution in [2.24, 2.45) is 5.92 Å². The molecule has 0 amide bonds. The van der Waals surface area contributed by atoms with Crippen molar-refractivity contribution in [3.05, 3.63) is 0 Å². The summed E-state index contributed by atoms with van der Waals surface area (Å²) in [6.07, 6.45) is 8.20. The molecule has 16 heavy (non-hydrogen) atoms. The van der Waals surface area contributed by atoms with Gasteiger partial charge in [0, 0.05) is 6.92 Å². The molecule has 1 aliphatic rings. The van der Waals surface area contributed by atoms with Crippen LogP contribution in [0.5, 0.6) is 0 Å². The van der Waals surface area contributed by atoms with Crippen LogP contribution >= 0.6 is 0 Å². The number of hydrogen-bond acceptors (Lipinski definition) is 3. The van der Waals surface area contributed by atoms with Crippen molar-refractivity contribution in [1.29, 1.82) is 0 Å². The largest absolute Gasteiger partial charge is 0.452 e. The molecule has 0 aromatic carbocycles. The average molecular weight is 226 g/mol. The SMILES string of the molecule is CCC(C=O)(CC1CCCCC1)OC(C)=O. The second-order valence-electron chi connectivity index (χ2n) is 4.84. The Morgan fingerprint density at radius 3 is 2.44 bits per heavy atom. The minimum absolute atomic E-state index is 0.357. The lowest BCUT2D eigenvalue weighted by atomic mass is 9.80. The van der Waals surface area contributed by atoms with Gasteiger partial charge in [-0.05, 0) is 18.8 Å². The Labute approximate surface area is 97.5 Å². The zero-order valence-electron chi connectivity index (χ0n) is 10.3. The van der Waals surface area contributed by atoms with E-state index in [9.17, 15) is 9.59 Å². The van der Waals surface area contributed by atoms with Gasteiger partial charge in [-0.1, -0.05) is 39.0 Å². The summed E-state index contributed by atoms with van der Waals surface area (Å²) in [5, 5.41) is 0. The van der Waals surface area contributed by atoms with E-state index in [2.05, 4.69) is 0 Å². The summed E-state index contributed by atoms with van der Waals surface area (Å²) >= 11 is 0. The fraction of sp³-hybridized carbons (Fsp3) is 0.846. The molecule has 0 bridgehead atoms. The molecular weight excluding hydrogens is 204 g/mol. The fourth-order valence-electron chi connectivity index (χ4n) is 2.58. The average Bonchev–Trinajstić information content (AvgIpc) is 2.29. The lowest BCUT2D eigenvalue weighted by molar-refractivity contribution is -0.163. The molecule has 1 saturated carbocycles. The third-order valence-electron chi connectivity index (χ3n) is 3.52. The highest BCUT2D eigenvalue weighted by Gasteiger charge is 2.34. The number of carbonyl (C=O) groups excluding carboxylic acids is 2. The highest BCUT2D eigenvalue weighted by atomic mass is 16.6. The molecule has 1 fully saturated rings. The molecule has 1 unspecified atom stereocenters. The quantitative estimate of drug-likeness (QED) is 0.535. The fourth-order valence-corrected chi connectivity index (χ4v) is 2.58. The van der Waals surface area contributed by atoms with Crippen molar-refractivity contribution in [3.8, 4) is 0 Å². The molecule has 0 radical (unpaired) electrons. The Morgan fingerprint density at radius 1 is 1.38 bits per heavy atom. The van der Waals surface area contributed by atoms with Crippen molar-refractivity contribution in [2.45, 2.75) is 64.4 Å². The molecule has 0 saturated heterocycles. The van der Waals surface area contributed by atoms with Crippen LogP contribution in [-0.2, 0) is 14.3 Å². The first kappa shape index (κ1) is 13.2. The third kappa shape index (κ3) is 3.62. The molecule has 0 aromatic heterocycles. The van der Waals surface area contributed by atoms with E-state index in [-0.39, 0.29) is 5.97 Å². The number of hydrogen-bond donors (Lipinski definition) is 0. The molecule has 92 valence electrons. The molecule has 1 atom stereocenters. The second kappa shape index (κ2) is 6.02. The van der Waals surface area contributed by atoms with E-state index in [1.807, 2.05) is 6.92 Å². The maximum Gasteiger partial charge on any atom is 0.303 e. The van der Waals surface area contributed by atoms with Gasteiger partial charge in [-0.15, -0.1) is 0 Å². The smallest absolute Gasteiger partial charge is 0.303 e. The Morgan fingerprint density at radius 2 is 2.00 bits per heavy atom. The van der Waals surface area contributed by atoms with Crippen LogP contribution in [0.1, 0.15) is 58.8 Å². The minimum Gasteiger partial charge on any atom is -0.452 e. The van der Waals surface area contributed by atoms with Crippen LogP contribution in [-0.4, -0.2) is 17.9 Å². The van der Waals surface area contributed by atoms with Crippen molar-refractivity contribution in [3.63, 3.8) is 0 Å². The zero-order chi connectivity index (χ0) is 12.0. The van der Waals surface area contributed by atoms with Gasteiger partial charge in [0.15, 0.2) is 11.9 Å². The topological polar surface area (TPSA) is 43.4 Å². The van der Waals surface area contributed by atoms with Crippen LogP contribution in [0, 0.1) is 5.92 Å². The van der Waals surface area contributed by atoms with E-state index in [4.69, 9.17) is 4.74 Å². The van der Waals surface area contributed by atoms with Gasteiger partial charge in [-0.3, -0.25) is 9.59 Å². The Balaban J connectivity index is 2.60. The van der Waals surface area contributed by atoms with Crippen LogP contribution in [0.4, 0.5) is 0 Å². The van der Waals surface area contributed by atoms with E-state index < -0.39 is 5.60 Å². The summed E-state index contributed by atoms with van der Waals surface area (Å²) in [5.41, 5.74) is -0.867. The highest BCUT2D eigenvalue weighted by molar-refractivity contribution is 5.72. The maximum absolute atomic E-state index is 11.2. The van der Waals surface area contributed by atoms with Gasteiger partial charge in [-0.2, -0.15) is 0 Å². The van der Waals surface area contributed by atoms with Crippen LogP contribution in [0.15, 0.2) is 0 Å². The monoisotopic (exact) mass is 226 g/mol. The lowest BCUT2D eigenvalue weighted by Crippen LogP contribution is -2.38. The van der Waals surface area contributed by atoms with Crippen LogP contribution in [0.2, 0.25) is 0 Å². The molecule has 0 heterocycles. The van der Waals surface area contributed by atoms with E-state index in [0.29, 0.717) is 18.8 Å². The van der Waals surface area contributed by atoms with Gasteiger partial charge in [0.05, 0.1) is 0 Å². The Hall–Kier alpha value is -0.860. The van der Waals surface area contributed by atoms with E-state index in [1.165, 1.54) is 26.2 Å². The van der Waals surface area contributed by atoms with Gasteiger partial charge in [0.25, 0.3) is 0 Å². The third-order valence-corrected chi connectivity index (χ3v) is 3.52. The molecule has 3 heteroatoms. The number of esters is 1. The van der Waals surface area contributed by atoms with Crippen LogP contribution in [0.3, 0.4) is 0 Å². The van der Waals surface area contributed by atoms with Crippen molar-refractivity contribution < 1.29 is 14.3 Å². The summed E-state index contributed by atoms with van der Waals surface area (Å²) in [6, 6.07) is 0. The Kier molecular flexibility index (Phi) is 4.97. The second-order valence-corrected chi connectivity index (χ2v) is 4.84. The van der Waals surface area contributed by atoms with Gasteiger partial charge >= 0.3 is 5.97 Å². The van der Waals surface area contributed by atoms with Gasteiger partial charge in [0.1, 0.15) is 0 Å². The number of ether oxygens (including phenoxy) is 1.